The zero-order valence-electron chi connectivity index (χ0n) is 8.98. The molecule has 0 heterocycles. The van der Waals surface area contributed by atoms with Gasteiger partial charge in [0.05, 0.1) is 6.67 Å². The summed E-state index contributed by atoms with van der Waals surface area (Å²) in [5.74, 6) is 0.719. The van der Waals surface area contributed by atoms with Crippen LogP contribution in [0, 0.1) is 16.7 Å². The molecule has 2 N–H and O–H groups in total. The van der Waals surface area contributed by atoms with E-state index in [0.29, 0.717) is 5.41 Å². The summed E-state index contributed by atoms with van der Waals surface area (Å²) in [6.07, 6.45) is 6.74. The van der Waals surface area contributed by atoms with Gasteiger partial charge in [-0.15, -0.1) is 0 Å². The molecule has 4 saturated carbocycles. The van der Waals surface area contributed by atoms with Crippen LogP contribution in [0.3, 0.4) is 0 Å². The van der Waals surface area contributed by atoms with Crippen molar-refractivity contribution in [3.63, 3.8) is 0 Å². The minimum absolute atomic E-state index is 0.0136. The molecule has 4 aliphatic carbocycles. The third-order valence-corrected chi connectivity index (χ3v) is 4.79. The topological polar surface area (TPSA) is 26.0 Å². The second-order valence-electron chi connectivity index (χ2n) is 6.82. The van der Waals surface area contributed by atoms with Crippen LogP contribution in [-0.4, -0.2) is 12.2 Å². The lowest BCUT2D eigenvalue weighted by molar-refractivity contribution is -0.121. The van der Waals surface area contributed by atoms with Crippen LogP contribution in [0.2, 0.25) is 0 Å². The molecule has 0 aliphatic heterocycles. The normalized spacial score (nSPS) is 60.6. The van der Waals surface area contributed by atoms with Crippen LogP contribution < -0.4 is 5.73 Å². The van der Waals surface area contributed by atoms with Crippen LogP contribution >= 0.6 is 0 Å². The minimum atomic E-state index is -0.141. The molecule has 2 heteroatoms. The Balaban J connectivity index is 2.01. The van der Waals surface area contributed by atoms with E-state index in [1.54, 1.807) is 0 Å². The van der Waals surface area contributed by atoms with Crippen molar-refractivity contribution in [2.24, 2.45) is 22.5 Å². The maximum absolute atomic E-state index is 13.2. The predicted molar refractivity (Wildman–Crippen MR) is 54.6 cm³/mol. The number of hydrogen-bond donors (Lipinski definition) is 1. The number of alkyl halides is 1. The van der Waals surface area contributed by atoms with Gasteiger partial charge in [0.2, 0.25) is 0 Å². The van der Waals surface area contributed by atoms with Crippen LogP contribution in [0.4, 0.5) is 4.39 Å². The summed E-state index contributed by atoms with van der Waals surface area (Å²) >= 11 is 0. The molecule has 0 aromatic rings. The smallest absolute Gasteiger partial charge is 0.0951 e. The largest absolute Gasteiger partial charge is 0.325 e. The van der Waals surface area contributed by atoms with E-state index in [1.165, 1.54) is 6.42 Å². The third-order valence-electron chi connectivity index (χ3n) is 4.79. The fourth-order valence-corrected chi connectivity index (χ4v) is 5.37. The van der Waals surface area contributed by atoms with E-state index in [-0.39, 0.29) is 17.6 Å². The van der Waals surface area contributed by atoms with Gasteiger partial charge in [0, 0.05) is 11.0 Å². The molecule has 4 aliphatic rings. The minimum Gasteiger partial charge on any atom is -0.325 e. The Kier molecular flexibility index (Phi) is 1.53. The highest BCUT2D eigenvalue weighted by Gasteiger charge is 2.60. The van der Waals surface area contributed by atoms with E-state index >= 15 is 0 Å². The average Bonchev–Trinajstić information content (AvgIpc) is 1.97. The van der Waals surface area contributed by atoms with Crippen molar-refractivity contribution in [3.05, 3.63) is 0 Å². The summed E-state index contributed by atoms with van der Waals surface area (Å²) in [5, 5.41) is 0. The first kappa shape index (κ1) is 9.14. The molecule has 1 nitrogen and oxygen atoms in total. The van der Waals surface area contributed by atoms with Crippen LogP contribution in [-0.2, 0) is 0 Å². The molecule has 0 radical (unpaired) electrons. The maximum atomic E-state index is 13.2. The van der Waals surface area contributed by atoms with Crippen molar-refractivity contribution in [2.75, 3.05) is 6.67 Å². The Morgan fingerprint density at radius 3 is 2.57 bits per heavy atom. The second kappa shape index (κ2) is 2.34. The predicted octanol–water partition coefficient (Wildman–Crippen LogP) is 2.64. The molecular formula is C12H20FN. The van der Waals surface area contributed by atoms with E-state index < -0.39 is 0 Å². The van der Waals surface area contributed by atoms with Crippen molar-refractivity contribution in [3.8, 4) is 0 Å². The zero-order valence-corrected chi connectivity index (χ0v) is 8.98. The first-order valence-corrected chi connectivity index (χ1v) is 5.82. The number of hydrogen-bond acceptors (Lipinski definition) is 1. The van der Waals surface area contributed by atoms with Crippen LogP contribution in [0.1, 0.15) is 45.4 Å². The summed E-state index contributed by atoms with van der Waals surface area (Å²) in [6, 6.07) is 0. The molecule has 14 heavy (non-hydrogen) atoms. The van der Waals surface area contributed by atoms with E-state index in [1.807, 2.05) is 0 Å². The van der Waals surface area contributed by atoms with Crippen molar-refractivity contribution >= 4 is 0 Å². The van der Waals surface area contributed by atoms with Crippen molar-refractivity contribution in [1.82, 2.24) is 0 Å². The van der Waals surface area contributed by atoms with Crippen molar-refractivity contribution < 1.29 is 4.39 Å². The lowest BCUT2D eigenvalue weighted by Crippen LogP contribution is -2.63. The van der Waals surface area contributed by atoms with E-state index in [4.69, 9.17) is 5.73 Å². The molecule has 0 saturated heterocycles. The molecule has 0 amide bonds. The second-order valence-corrected chi connectivity index (χ2v) is 6.82. The Morgan fingerprint density at radius 2 is 2.00 bits per heavy atom. The standard InChI is InChI=1S/C12H20FN/c1-10-2-9-3-11(5-10,8-13)7-12(14,4-9)6-10/h9H,2-8,14H2,1H3. The highest BCUT2D eigenvalue weighted by molar-refractivity contribution is 5.14. The van der Waals surface area contributed by atoms with Gasteiger partial charge in [-0.1, -0.05) is 6.92 Å². The molecule has 0 aromatic heterocycles. The summed E-state index contributed by atoms with van der Waals surface area (Å²) in [4.78, 5) is 0. The molecular weight excluding hydrogens is 177 g/mol. The van der Waals surface area contributed by atoms with Crippen LogP contribution in [0.5, 0.6) is 0 Å². The lowest BCUT2D eigenvalue weighted by atomic mass is 9.43. The lowest BCUT2D eigenvalue weighted by Gasteiger charge is -2.64. The Morgan fingerprint density at radius 1 is 1.21 bits per heavy atom. The maximum Gasteiger partial charge on any atom is 0.0951 e. The third kappa shape index (κ3) is 1.09. The van der Waals surface area contributed by atoms with Crippen LogP contribution in [0.15, 0.2) is 0 Å². The monoisotopic (exact) mass is 197 g/mol. The van der Waals surface area contributed by atoms with E-state index in [9.17, 15) is 4.39 Å². The highest BCUT2D eigenvalue weighted by Crippen LogP contribution is 2.65. The van der Waals surface area contributed by atoms with E-state index in [0.717, 1.165) is 38.0 Å². The molecule has 4 atom stereocenters. The SMILES string of the molecule is CC12CC3CC(N)(C1)CC(CF)(C3)C2. The first-order chi connectivity index (χ1) is 6.47. The number of rotatable bonds is 1. The fourth-order valence-electron chi connectivity index (χ4n) is 5.37. The molecule has 80 valence electrons. The quantitative estimate of drug-likeness (QED) is 0.687. The molecule has 4 bridgehead atoms. The van der Waals surface area contributed by atoms with Gasteiger partial charge in [-0.3, -0.25) is 4.39 Å². The van der Waals surface area contributed by atoms with Gasteiger partial charge in [0.1, 0.15) is 0 Å². The molecule has 4 rings (SSSR count). The Bertz CT molecular complexity index is 257. The van der Waals surface area contributed by atoms with Gasteiger partial charge in [0.25, 0.3) is 0 Å². The van der Waals surface area contributed by atoms with E-state index in [2.05, 4.69) is 6.92 Å². The summed E-state index contributed by atoms with van der Waals surface area (Å²) in [5.41, 5.74) is 6.72. The molecule has 4 unspecified atom stereocenters. The van der Waals surface area contributed by atoms with Gasteiger partial charge in [-0.05, 0) is 49.9 Å². The number of halogens is 1. The van der Waals surface area contributed by atoms with Crippen LogP contribution in [0.25, 0.3) is 0 Å². The molecule has 4 fully saturated rings. The van der Waals surface area contributed by atoms with Gasteiger partial charge >= 0.3 is 0 Å². The first-order valence-electron chi connectivity index (χ1n) is 5.82. The molecule has 0 aromatic carbocycles. The summed E-state index contributed by atoms with van der Waals surface area (Å²) in [6.45, 7) is 2.18. The highest BCUT2D eigenvalue weighted by atomic mass is 19.1. The van der Waals surface area contributed by atoms with Gasteiger partial charge in [0.15, 0.2) is 0 Å². The Hall–Kier alpha value is -0.110. The number of nitrogens with two attached hydrogens (primary N) is 1. The van der Waals surface area contributed by atoms with Crippen molar-refractivity contribution in [2.45, 2.75) is 51.0 Å². The summed E-state index contributed by atoms with van der Waals surface area (Å²) in [7, 11) is 0. The Labute approximate surface area is 85.2 Å². The van der Waals surface area contributed by atoms with Gasteiger partial charge < -0.3 is 5.73 Å². The zero-order chi connectivity index (χ0) is 10.0. The fraction of sp³-hybridized carbons (Fsp3) is 1.00. The average molecular weight is 197 g/mol. The molecule has 0 spiro atoms. The van der Waals surface area contributed by atoms with Crippen molar-refractivity contribution in [1.29, 1.82) is 0 Å². The van der Waals surface area contributed by atoms with Gasteiger partial charge in [-0.2, -0.15) is 0 Å². The van der Waals surface area contributed by atoms with Gasteiger partial charge in [-0.25, -0.2) is 0 Å². The summed E-state index contributed by atoms with van der Waals surface area (Å²) < 4.78 is 13.2.